The molecule has 22 heavy (non-hydrogen) atoms. The number of thiocarbonyl (C=S) groups is 1. The van der Waals surface area contributed by atoms with E-state index in [-0.39, 0.29) is 0 Å². The Morgan fingerprint density at radius 2 is 1.95 bits per heavy atom. The monoisotopic (exact) mass is 316 g/mol. The van der Waals surface area contributed by atoms with Gasteiger partial charge < -0.3 is 10.2 Å². The van der Waals surface area contributed by atoms with Crippen LogP contribution in [0.25, 0.3) is 0 Å². The van der Waals surface area contributed by atoms with Crippen LogP contribution in [0.5, 0.6) is 0 Å². The van der Waals surface area contributed by atoms with Gasteiger partial charge in [0.2, 0.25) is 0 Å². The molecule has 0 spiro atoms. The van der Waals surface area contributed by atoms with Gasteiger partial charge in [0.1, 0.15) is 0 Å². The van der Waals surface area contributed by atoms with Crippen LogP contribution in [0.2, 0.25) is 0 Å². The van der Waals surface area contributed by atoms with Crippen LogP contribution in [0.1, 0.15) is 29.3 Å². The highest BCUT2D eigenvalue weighted by molar-refractivity contribution is 7.80. The molecule has 4 nitrogen and oxygen atoms in total. The van der Waals surface area contributed by atoms with E-state index in [2.05, 4.69) is 54.7 Å². The minimum Gasteiger partial charge on any atom is -0.358 e. The van der Waals surface area contributed by atoms with Crippen molar-refractivity contribution in [2.24, 2.45) is 0 Å². The van der Waals surface area contributed by atoms with Crippen molar-refractivity contribution in [1.29, 1.82) is 0 Å². The van der Waals surface area contributed by atoms with Crippen LogP contribution in [0.15, 0.2) is 30.5 Å². The molecule has 0 radical (unpaired) electrons. The summed E-state index contributed by atoms with van der Waals surface area (Å²) in [6, 6.07) is 8.49. The molecule has 1 N–H and O–H groups in total. The second-order valence-corrected chi connectivity index (χ2v) is 5.98. The van der Waals surface area contributed by atoms with E-state index in [1.807, 2.05) is 23.6 Å². The standard InChI is InChI=1S/C17H24N4S/c1-5-21-12-16(14(3)19-21)11-20(4)17(22)18-10-15-8-6-13(2)7-9-15/h6-9,12H,5,10-11H2,1-4H3,(H,18,22). The highest BCUT2D eigenvalue weighted by Crippen LogP contribution is 2.09. The number of nitrogens with zero attached hydrogens (tertiary/aromatic N) is 3. The molecule has 0 saturated heterocycles. The van der Waals surface area contributed by atoms with Crippen molar-refractivity contribution in [1.82, 2.24) is 20.0 Å². The van der Waals surface area contributed by atoms with Gasteiger partial charge in [-0.05, 0) is 38.6 Å². The van der Waals surface area contributed by atoms with E-state index >= 15 is 0 Å². The molecule has 118 valence electrons. The van der Waals surface area contributed by atoms with E-state index in [1.54, 1.807) is 0 Å². The largest absolute Gasteiger partial charge is 0.358 e. The van der Waals surface area contributed by atoms with Crippen molar-refractivity contribution in [3.05, 3.63) is 52.8 Å². The van der Waals surface area contributed by atoms with Crippen LogP contribution in [0, 0.1) is 13.8 Å². The van der Waals surface area contributed by atoms with Gasteiger partial charge in [-0.3, -0.25) is 4.68 Å². The van der Waals surface area contributed by atoms with Crippen molar-refractivity contribution in [2.75, 3.05) is 7.05 Å². The molecule has 0 aliphatic heterocycles. The van der Waals surface area contributed by atoms with E-state index < -0.39 is 0 Å². The fourth-order valence-corrected chi connectivity index (χ4v) is 2.36. The maximum atomic E-state index is 5.47. The molecular weight excluding hydrogens is 292 g/mol. The molecule has 0 unspecified atom stereocenters. The van der Waals surface area contributed by atoms with Crippen LogP contribution >= 0.6 is 12.2 Å². The third-order valence-corrected chi connectivity index (χ3v) is 4.15. The third kappa shape index (κ3) is 4.31. The molecule has 0 aliphatic rings. The number of rotatable bonds is 5. The van der Waals surface area contributed by atoms with Gasteiger partial charge >= 0.3 is 0 Å². The SMILES string of the molecule is CCn1cc(CN(C)C(=S)NCc2ccc(C)cc2)c(C)n1. The number of benzene rings is 1. The van der Waals surface area contributed by atoms with Gasteiger partial charge in [0.25, 0.3) is 0 Å². The summed E-state index contributed by atoms with van der Waals surface area (Å²) >= 11 is 5.47. The smallest absolute Gasteiger partial charge is 0.169 e. The van der Waals surface area contributed by atoms with Crippen LogP contribution < -0.4 is 5.32 Å². The van der Waals surface area contributed by atoms with E-state index in [0.29, 0.717) is 0 Å². The lowest BCUT2D eigenvalue weighted by Crippen LogP contribution is -2.36. The van der Waals surface area contributed by atoms with Gasteiger partial charge in [0, 0.05) is 38.4 Å². The van der Waals surface area contributed by atoms with Gasteiger partial charge in [-0.25, -0.2) is 0 Å². The zero-order valence-corrected chi connectivity index (χ0v) is 14.6. The molecule has 1 heterocycles. The lowest BCUT2D eigenvalue weighted by atomic mass is 10.1. The van der Waals surface area contributed by atoms with Gasteiger partial charge in [-0.15, -0.1) is 0 Å². The second kappa shape index (κ2) is 7.40. The molecule has 0 fully saturated rings. The number of nitrogens with one attached hydrogen (secondary N) is 1. The number of hydrogen-bond donors (Lipinski definition) is 1. The number of aromatic nitrogens is 2. The van der Waals surface area contributed by atoms with Crippen molar-refractivity contribution < 1.29 is 0 Å². The Balaban J connectivity index is 1.88. The maximum Gasteiger partial charge on any atom is 0.169 e. The predicted octanol–water partition coefficient (Wildman–Crippen LogP) is 3.03. The highest BCUT2D eigenvalue weighted by atomic mass is 32.1. The number of aryl methyl sites for hydroxylation is 3. The molecule has 0 aliphatic carbocycles. The van der Waals surface area contributed by atoms with Crippen molar-refractivity contribution in [3.8, 4) is 0 Å². The average Bonchev–Trinajstić information content (AvgIpc) is 2.86. The lowest BCUT2D eigenvalue weighted by Gasteiger charge is -2.20. The molecule has 0 atom stereocenters. The minimum atomic E-state index is 0.747. The van der Waals surface area contributed by atoms with Crippen molar-refractivity contribution in [2.45, 2.75) is 40.4 Å². The first kappa shape index (κ1) is 16.5. The van der Waals surface area contributed by atoms with Crippen LogP contribution in [0.3, 0.4) is 0 Å². The molecule has 0 saturated carbocycles. The molecule has 1 aromatic carbocycles. The first-order valence-corrected chi connectivity index (χ1v) is 7.98. The highest BCUT2D eigenvalue weighted by Gasteiger charge is 2.09. The summed E-state index contributed by atoms with van der Waals surface area (Å²) in [7, 11) is 2.01. The number of hydrogen-bond acceptors (Lipinski definition) is 2. The first-order valence-electron chi connectivity index (χ1n) is 7.57. The summed E-state index contributed by atoms with van der Waals surface area (Å²) in [4.78, 5) is 2.05. The zero-order chi connectivity index (χ0) is 16.1. The fraction of sp³-hybridized carbons (Fsp3) is 0.412. The normalized spacial score (nSPS) is 10.5. The maximum absolute atomic E-state index is 5.47. The Kier molecular flexibility index (Phi) is 5.55. The third-order valence-electron chi connectivity index (χ3n) is 3.69. The molecule has 0 bridgehead atoms. The summed E-state index contributed by atoms with van der Waals surface area (Å²) in [6.07, 6.45) is 2.09. The van der Waals surface area contributed by atoms with Crippen LogP contribution in [-0.2, 0) is 19.6 Å². The van der Waals surface area contributed by atoms with E-state index in [1.165, 1.54) is 16.7 Å². The van der Waals surface area contributed by atoms with Crippen molar-refractivity contribution in [3.63, 3.8) is 0 Å². The molecular formula is C17H24N4S. The molecule has 2 aromatic rings. The summed E-state index contributed by atoms with van der Waals surface area (Å²) in [5, 5.41) is 8.53. The Morgan fingerprint density at radius 1 is 1.27 bits per heavy atom. The molecule has 2 rings (SSSR count). The Hall–Kier alpha value is -1.88. The Labute approximate surface area is 138 Å². The predicted molar refractivity (Wildman–Crippen MR) is 94.7 cm³/mol. The van der Waals surface area contributed by atoms with Gasteiger partial charge in [-0.2, -0.15) is 5.10 Å². The Morgan fingerprint density at radius 3 is 2.55 bits per heavy atom. The summed E-state index contributed by atoms with van der Waals surface area (Å²) in [5.74, 6) is 0. The van der Waals surface area contributed by atoms with Gasteiger partial charge in [-0.1, -0.05) is 29.8 Å². The van der Waals surface area contributed by atoms with Crippen LogP contribution in [-0.4, -0.2) is 26.8 Å². The van der Waals surface area contributed by atoms with Crippen LogP contribution in [0.4, 0.5) is 0 Å². The zero-order valence-electron chi connectivity index (χ0n) is 13.8. The van der Waals surface area contributed by atoms with E-state index in [0.717, 1.165) is 30.4 Å². The van der Waals surface area contributed by atoms with E-state index in [4.69, 9.17) is 12.2 Å². The summed E-state index contributed by atoms with van der Waals surface area (Å²) in [6.45, 7) is 8.63. The quantitative estimate of drug-likeness (QED) is 0.860. The molecule has 0 amide bonds. The molecule has 1 aromatic heterocycles. The topological polar surface area (TPSA) is 33.1 Å². The van der Waals surface area contributed by atoms with Gasteiger partial charge in [0.05, 0.1) is 5.69 Å². The minimum absolute atomic E-state index is 0.747. The van der Waals surface area contributed by atoms with Gasteiger partial charge in [0.15, 0.2) is 5.11 Å². The average molecular weight is 316 g/mol. The van der Waals surface area contributed by atoms with E-state index in [9.17, 15) is 0 Å². The Bertz CT molecular complexity index is 631. The summed E-state index contributed by atoms with van der Waals surface area (Å²) < 4.78 is 1.96. The first-order chi connectivity index (χ1) is 10.5. The lowest BCUT2D eigenvalue weighted by molar-refractivity contribution is 0.487. The summed E-state index contributed by atoms with van der Waals surface area (Å²) in [5.41, 5.74) is 4.78. The molecule has 5 heteroatoms. The van der Waals surface area contributed by atoms with Crippen molar-refractivity contribution >= 4 is 17.3 Å². The fourth-order valence-electron chi connectivity index (χ4n) is 2.22. The second-order valence-electron chi connectivity index (χ2n) is 5.60.